The number of aryl methyl sites for hydroxylation is 1. The zero-order valence-corrected chi connectivity index (χ0v) is 9.73. The Labute approximate surface area is 94.4 Å². The molecule has 0 amide bonds. The molecule has 0 aliphatic rings. The molecular formula is C12H15ClN2. The lowest BCUT2D eigenvalue weighted by molar-refractivity contribution is 0.727. The van der Waals surface area contributed by atoms with Crippen molar-refractivity contribution in [3.05, 3.63) is 34.5 Å². The number of hydrogen-bond donors (Lipinski definition) is 2. The summed E-state index contributed by atoms with van der Waals surface area (Å²) in [6, 6.07) is 6.21. The minimum absolute atomic E-state index is 0.164. The van der Waals surface area contributed by atoms with Gasteiger partial charge in [0.25, 0.3) is 0 Å². The third kappa shape index (κ3) is 2.01. The van der Waals surface area contributed by atoms with E-state index in [0.717, 1.165) is 28.0 Å². The molecular weight excluding hydrogens is 208 g/mol. The molecule has 1 aromatic heterocycles. The zero-order chi connectivity index (χ0) is 11.0. The molecule has 0 spiro atoms. The first-order valence-electron chi connectivity index (χ1n) is 5.10. The number of hydrogen-bond acceptors (Lipinski definition) is 1. The smallest absolute Gasteiger partial charge is 0.0500 e. The zero-order valence-electron chi connectivity index (χ0n) is 8.97. The first-order chi connectivity index (χ1) is 7.08. The van der Waals surface area contributed by atoms with Gasteiger partial charge in [-0.3, -0.25) is 0 Å². The lowest BCUT2D eigenvalue weighted by Gasteiger charge is -2.00. The fourth-order valence-electron chi connectivity index (χ4n) is 1.84. The summed E-state index contributed by atoms with van der Waals surface area (Å²) in [6.07, 6.45) is 0.852. The number of nitrogens with one attached hydrogen (secondary N) is 1. The van der Waals surface area contributed by atoms with Crippen LogP contribution in [0, 0.1) is 6.92 Å². The predicted octanol–water partition coefficient (Wildman–Crippen LogP) is 3.02. The fourth-order valence-corrected chi connectivity index (χ4v) is 2.05. The average Bonchev–Trinajstić information content (AvgIpc) is 2.55. The summed E-state index contributed by atoms with van der Waals surface area (Å²) in [7, 11) is 0. The Kier molecular flexibility index (Phi) is 2.72. The van der Waals surface area contributed by atoms with Crippen LogP contribution < -0.4 is 5.73 Å². The van der Waals surface area contributed by atoms with Crippen LogP contribution in [0.25, 0.3) is 10.9 Å². The lowest BCUT2D eigenvalue weighted by atomic mass is 10.1. The number of benzene rings is 1. The van der Waals surface area contributed by atoms with Crippen LogP contribution in [0.1, 0.15) is 18.2 Å². The van der Waals surface area contributed by atoms with E-state index in [1.807, 2.05) is 19.1 Å². The number of rotatable bonds is 2. The van der Waals surface area contributed by atoms with Crippen LogP contribution >= 0.6 is 11.6 Å². The Bertz CT molecular complexity index is 447. The van der Waals surface area contributed by atoms with Crippen molar-refractivity contribution in [2.24, 2.45) is 5.73 Å². The highest BCUT2D eigenvalue weighted by molar-refractivity contribution is 6.35. The van der Waals surface area contributed by atoms with Crippen molar-refractivity contribution in [1.29, 1.82) is 0 Å². The highest BCUT2D eigenvalue weighted by Crippen LogP contribution is 2.27. The third-order valence-corrected chi connectivity index (χ3v) is 2.88. The van der Waals surface area contributed by atoms with Crippen molar-refractivity contribution in [2.75, 3.05) is 0 Å². The van der Waals surface area contributed by atoms with Gasteiger partial charge in [-0.2, -0.15) is 0 Å². The normalized spacial score (nSPS) is 13.3. The van der Waals surface area contributed by atoms with Gasteiger partial charge in [-0.25, -0.2) is 0 Å². The highest BCUT2D eigenvalue weighted by atomic mass is 35.5. The monoisotopic (exact) mass is 222 g/mol. The molecule has 3 N–H and O–H groups in total. The Morgan fingerprint density at radius 2 is 2.20 bits per heavy atom. The van der Waals surface area contributed by atoms with Gasteiger partial charge in [0, 0.05) is 28.6 Å². The van der Waals surface area contributed by atoms with E-state index in [-0.39, 0.29) is 6.04 Å². The summed E-state index contributed by atoms with van der Waals surface area (Å²) in [5.41, 5.74) is 9.26. The summed E-state index contributed by atoms with van der Waals surface area (Å²) in [6.45, 7) is 4.07. The van der Waals surface area contributed by atoms with Crippen LogP contribution in [0.5, 0.6) is 0 Å². The van der Waals surface area contributed by atoms with Crippen molar-refractivity contribution >= 4 is 22.5 Å². The number of fused-ring (bicyclic) bond motifs is 1. The minimum atomic E-state index is 0.164. The Morgan fingerprint density at radius 3 is 2.80 bits per heavy atom. The van der Waals surface area contributed by atoms with Crippen LogP contribution in [-0.2, 0) is 6.42 Å². The van der Waals surface area contributed by atoms with E-state index in [4.69, 9.17) is 17.3 Å². The molecule has 0 saturated heterocycles. The Balaban J connectivity index is 2.54. The van der Waals surface area contributed by atoms with E-state index >= 15 is 0 Å². The molecule has 1 aromatic carbocycles. The number of nitrogens with two attached hydrogens (primary N) is 1. The van der Waals surface area contributed by atoms with Crippen molar-refractivity contribution < 1.29 is 0 Å². The Hall–Kier alpha value is -0.990. The maximum absolute atomic E-state index is 6.13. The molecule has 0 bridgehead atoms. The topological polar surface area (TPSA) is 41.8 Å². The van der Waals surface area contributed by atoms with E-state index in [9.17, 15) is 0 Å². The maximum Gasteiger partial charge on any atom is 0.0500 e. The highest BCUT2D eigenvalue weighted by Gasteiger charge is 2.07. The number of H-pyrrole nitrogens is 1. The second-order valence-electron chi connectivity index (χ2n) is 4.13. The standard InChI is InChI=1S/C12H15ClN2/c1-7-3-4-11(13)10-6-9(5-8(2)14)15-12(7)10/h3-4,6,8,15H,5,14H2,1-2H3. The van der Waals surface area contributed by atoms with Crippen LogP contribution in [0.3, 0.4) is 0 Å². The number of aromatic amines is 1. The van der Waals surface area contributed by atoms with Crippen LogP contribution in [-0.4, -0.2) is 11.0 Å². The van der Waals surface area contributed by atoms with Crippen molar-refractivity contribution in [2.45, 2.75) is 26.3 Å². The maximum atomic E-state index is 6.13. The van der Waals surface area contributed by atoms with E-state index in [0.29, 0.717) is 0 Å². The summed E-state index contributed by atoms with van der Waals surface area (Å²) >= 11 is 6.13. The van der Waals surface area contributed by atoms with Gasteiger partial charge in [0.15, 0.2) is 0 Å². The van der Waals surface area contributed by atoms with Gasteiger partial charge in [0.2, 0.25) is 0 Å². The van der Waals surface area contributed by atoms with Gasteiger partial charge in [0.1, 0.15) is 0 Å². The van der Waals surface area contributed by atoms with E-state index < -0.39 is 0 Å². The molecule has 2 nitrogen and oxygen atoms in total. The van der Waals surface area contributed by atoms with E-state index in [1.54, 1.807) is 0 Å². The molecule has 0 aliphatic carbocycles. The molecule has 1 unspecified atom stereocenters. The molecule has 0 aliphatic heterocycles. The van der Waals surface area contributed by atoms with Crippen LogP contribution in [0.2, 0.25) is 5.02 Å². The van der Waals surface area contributed by atoms with Gasteiger partial charge in [-0.05, 0) is 31.5 Å². The second kappa shape index (κ2) is 3.87. The number of aromatic nitrogens is 1. The lowest BCUT2D eigenvalue weighted by Crippen LogP contribution is -2.17. The molecule has 0 saturated carbocycles. The molecule has 0 fully saturated rings. The molecule has 1 atom stereocenters. The van der Waals surface area contributed by atoms with Gasteiger partial charge in [-0.1, -0.05) is 17.7 Å². The second-order valence-corrected chi connectivity index (χ2v) is 4.54. The summed E-state index contributed by atoms with van der Waals surface area (Å²) in [5.74, 6) is 0. The summed E-state index contributed by atoms with van der Waals surface area (Å²) in [5, 5.41) is 1.88. The summed E-state index contributed by atoms with van der Waals surface area (Å²) < 4.78 is 0. The molecule has 2 rings (SSSR count). The minimum Gasteiger partial charge on any atom is -0.358 e. The predicted molar refractivity (Wildman–Crippen MR) is 65.4 cm³/mol. The molecule has 0 radical (unpaired) electrons. The van der Waals surface area contributed by atoms with E-state index in [2.05, 4.69) is 18.0 Å². The van der Waals surface area contributed by atoms with E-state index in [1.165, 1.54) is 5.56 Å². The number of halogens is 1. The average molecular weight is 223 g/mol. The van der Waals surface area contributed by atoms with Crippen LogP contribution in [0.15, 0.2) is 18.2 Å². The largest absolute Gasteiger partial charge is 0.358 e. The first-order valence-corrected chi connectivity index (χ1v) is 5.48. The molecule has 1 heterocycles. The van der Waals surface area contributed by atoms with Gasteiger partial charge >= 0.3 is 0 Å². The Morgan fingerprint density at radius 1 is 1.47 bits per heavy atom. The van der Waals surface area contributed by atoms with Crippen molar-refractivity contribution in [3.8, 4) is 0 Å². The quantitative estimate of drug-likeness (QED) is 0.806. The SMILES string of the molecule is Cc1ccc(Cl)c2cc(CC(C)N)[nH]c12. The molecule has 3 heteroatoms. The van der Waals surface area contributed by atoms with Gasteiger partial charge in [-0.15, -0.1) is 0 Å². The first kappa shape index (κ1) is 10.5. The fraction of sp³-hybridized carbons (Fsp3) is 0.333. The van der Waals surface area contributed by atoms with Gasteiger partial charge in [0.05, 0.1) is 5.52 Å². The van der Waals surface area contributed by atoms with Crippen molar-refractivity contribution in [3.63, 3.8) is 0 Å². The van der Waals surface area contributed by atoms with Gasteiger partial charge < -0.3 is 10.7 Å². The molecule has 2 aromatic rings. The third-order valence-electron chi connectivity index (χ3n) is 2.55. The molecule has 80 valence electrons. The molecule has 15 heavy (non-hydrogen) atoms. The summed E-state index contributed by atoms with van der Waals surface area (Å²) in [4.78, 5) is 3.37. The van der Waals surface area contributed by atoms with Crippen LogP contribution in [0.4, 0.5) is 0 Å². The van der Waals surface area contributed by atoms with Crippen molar-refractivity contribution in [1.82, 2.24) is 4.98 Å².